The number of anilines is 1. The van der Waals surface area contributed by atoms with Crippen LogP contribution < -0.4 is 10.6 Å². The molecule has 124 valence electrons. The smallest absolute Gasteiger partial charge is 0.257 e. The van der Waals surface area contributed by atoms with Crippen molar-refractivity contribution >= 4 is 23.8 Å². The van der Waals surface area contributed by atoms with Gasteiger partial charge in [0.1, 0.15) is 11.5 Å². The number of aliphatic imine (C=N–C) groups is 1. The Bertz CT molecular complexity index is 965. The van der Waals surface area contributed by atoms with Gasteiger partial charge >= 0.3 is 0 Å². The normalized spacial score (nSPS) is 12.4. The summed E-state index contributed by atoms with van der Waals surface area (Å²) in [5.74, 6) is -0.444. The highest BCUT2D eigenvalue weighted by Gasteiger charge is 2.22. The molecule has 0 atom stereocenters. The summed E-state index contributed by atoms with van der Waals surface area (Å²) in [5.41, 5.74) is 1.73. The van der Waals surface area contributed by atoms with Crippen LogP contribution in [0.1, 0.15) is 15.9 Å². The molecule has 0 fully saturated rings. The van der Waals surface area contributed by atoms with E-state index in [0.717, 1.165) is 5.56 Å². The molecule has 0 aliphatic carbocycles. The van der Waals surface area contributed by atoms with Gasteiger partial charge in [0.15, 0.2) is 5.82 Å². The molecule has 2 N–H and O–H groups in total. The number of nitrogens with one attached hydrogen (secondary N) is 2. The number of rotatable bonds is 3. The first-order chi connectivity index (χ1) is 12.2. The summed E-state index contributed by atoms with van der Waals surface area (Å²) in [6, 6.07) is 13.4. The van der Waals surface area contributed by atoms with Gasteiger partial charge in [0.25, 0.3) is 5.91 Å². The number of benzene rings is 2. The molecular weight excluding hydrogens is 321 g/mol. The maximum Gasteiger partial charge on any atom is 0.257 e. The van der Waals surface area contributed by atoms with Crippen LogP contribution in [0.3, 0.4) is 0 Å². The van der Waals surface area contributed by atoms with E-state index in [4.69, 9.17) is 0 Å². The number of aromatic nitrogens is 2. The van der Waals surface area contributed by atoms with Gasteiger partial charge in [0.05, 0.1) is 18.1 Å². The third-order valence-electron chi connectivity index (χ3n) is 3.86. The van der Waals surface area contributed by atoms with Crippen LogP contribution in [0, 0.1) is 5.82 Å². The molecule has 7 heteroatoms. The molecule has 1 aliphatic heterocycles. The Hall–Kier alpha value is -3.48. The molecule has 0 spiro atoms. The highest BCUT2D eigenvalue weighted by atomic mass is 19.1. The van der Waals surface area contributed by atoms with E-state index in [0.29, 0.717) is 18.1 Å². The Morgan fingerprint density at radius 2 is 2.00 bits per heavy atom. The average Bonchev–Trinajstić information content (AvgIpc) is 3.06. The second-order valence-corrected chi connectivity index (χ2v) is 5.50. The summed E-state index contributed by atoms with van der Waals surface area (Å²) >= 11 is 0. The number of hydrogen-bond donors (Lipinski definition) is 2. The fourth-order valence-corrected chi connectivity index (χ4v) is 2.70. The lowest BCUT2D eigenvalue weighted by Gasteiger charge is -2.14. The molecule has 0 saturated carbocycles. The SMILES string of the molecule is O=C(Nc1ccccc1)c1cccc(F)c1-n1ncc2c1N=CNC2. The van der Waals surface area contributed by atoms with Crippen LogP contribution in [0.5, 0.6) is 0 Å². The zero-order valence-electron chi connectivity index (χ0n) is 13.1. The first kappa shape index (κ1) is 15.1. The largest absolute Gasteiger partial charge is 0.372 e. The molecule has 1 aliphatic rings. The minimum Gasteiger partial charge on any atom is -0.372 e. The van der Waals surface area contributed by atoms with Gasteiger partial charge in [-0.25, -0.2) is 14.1 Å². The van der Waals surface area contributed by atoms with E-state index in [2.05, 4.69) is 20.7 Å². The van der Waals surface area contributed by atoms with E-state index >= 15 is 0 Å². The van der Waals surface area contributed by atoms with Crippen LogP contribution in [-0.4, -0.2) is 22.0 Å². The third-order valence-corrected chi connectivity index (χ3v) is 3.86. The van der Waals surface area contributed by atoms with Gasteiger partial charge in [0.2, 0.25) is 0 Å². The Morgan fingerprint density at radius 3 is 2.84 bits per heavy atom. The van der Waals surface area contributed by atoms with Gasteiger partial charge in [-0.1, -0.05) is 24.3 Å². The third kappa shape index (κ3) is 2.76. The molecule has 1 amide bonds. The fourth-order valence-electron chi connectivity index (χ4n) is 2.70. The lowest BCUT2D eigenvalue weighted by molar-refractivity contribution is 0.102. The van der Waals surface area contributed by atoms with E-state index in [-0.39, 0.29) is 11.3 Å². The topological polar surface area (TPSA) is 71.3 Å². The molecule has 2 aromatic carbocycles. The molecule has 1 aromatic heterocycles. The highest BCUT2D eigenvalue weighted by Crippen LogP contribution is 2.28. The van der Waals surface area contributed by atoms with Crippen molar-refractivity contribution in [3.63, 3.8) is 0 Å². The molecular formula is C18H14FN5O. The number of carbonyl (C=O) groups excluding carboxylic acids is 1. The fraction of sp³-hybridized carbons (Fsp3) is 0.0556. The van der Waals surface area contributed by atoms with Crippen molar-refractivity contribution < 1.29 is 9.18 Å². The van der Waals surface area contributed by atoms with Gasteiger partial charge in [-0.05, 0) is 24.3 Å². The average molecular weight is 335 g/mol. The molecule has 0 saturated heterocycles. The van der Waals surface area contributed by atoms with Crippen LogP contribution in [0.2, 0.25) is 0 Å². The first-order valence-corrected chi connectivity index (χ1v) is 7.72. The lowest BCUT2D eigenvalue weighted by atomic mass is 10.1. The molecule has 0 unspecified atom stereocenters. The monoisotopic (exact) mass is 335 g/mol. The van der Waals surface area contributed by atoms with Crippen molar-refractivity contribution in [2.24, 2.45) is 4.99 Å². The zero-order valence-corrected chi connectivity index (χ0v) is 13.1. The van der Waals surface area contributed by atoms with Crippen molar-refractivity contribution in [3.8, 4) is 5.69 Å². The minimum atomic E-state index is -0.541. The Morgan fingerprint density at radius 1 is 1.16 bits per heavy atom. The van der Waals surface area contributed by atoms with Crippen LogP contribution >= 0.6 is 0 Å². The predicted octanol–water partition coefficient (Wildman–Crippen LogP) is 3.03. The summed E-state index contributed by atoms with van der Waals surface area (Å²) < 4.78 is 15.9. The van der Waals surface area contributed by atoms with Gasteiger partial charge in [-0.3, -0.25) is 4.79 Å². The van der Waals surface area contributed by atoms with E-state index in [1.54, 1.807) is 24.4 Å². The van der Waals surface area contributed by atoms with E-state index < -0.39 is 11.7 Å². The Labute approximate surface area is 143 Å². The number of fused-ring (bicyclic) bond motifs is 1. The molecule has 25 heavy (non-hydrogen) atoms. The van der Waals surface area contributed by atoms with E-state index in [1.807, 2.05) is 18.2 Å². The number of hydrogen-bond acceptors (Lipinski definition) is 4. The summed E-state index contributed by atoms with van der Waals surface area (Å²) in [6.45, 7) is 0.554. The molecule has 0 bridgehead atoms. The van der Waals surface area contributed by atoms with Crippen molar-refractivity contribution in [2.45, 2.75) is 6.54 Å². The van der Waals surface area contributed by atoms with Gasteiger partial charge in [-0.15, -0.1) is 0 Å². The maximum absolute atomic E-state index is 14.6. The summed E-state index contributed by atoms with van der Waals surface area (Å²) in [6.07, 6.45) is 3.15. The summed E-state index contributed by atoms with van der Waals surface area (Å²) in [5, 5.41) is 9.96. The quantitative estimate of drug-likeness (QED) is 0.773. The van der Waals surface area contributed by atoms with Crippen molar-refractivity contribution in [1.82, 2.24) is 15.1 Å². The number of halogens is 1. The Kier molecular flexibility index (Phi) is 3.74. The van der Waals surface area contributed by atoms with Crippen molar-refractivity contribution in [3.05, 3.63) is 71.7 Å². The minimum absolute atomic E-state index is 0.0798. The van der Waals surface area contributed by atoms with Crippen LogP contribution in [0.15, 0.2) is 59.7 Å². The van der Waals surface area contributed by atoms with Crippen molar-refractivity contribution in [1.29, 1.82) is 0 Å². The molecule has 2 heterocycles. The molecule has 4 rings (SSSR count). The molecule has 3 aromatic rings. The number of carbonyl (C=O) groups is 1. The van der Waals surface area contributed by atoms with E-state index in [9.17, 15) is 9.18 Å². The first-order valence-electron chi connectivity index (χ1n) is 7.72. The molecule has 0 radical (unpaired) electrons. The number of para-hydroxylation sites is 2. The van der Waals surface area contributed by atoms with Crippen molar-refractivity contribution in [2.75, 3.05) is 5.32 Å². The summed E-state index contributed by atoms with van der Waals surface area (Å²) in [7, 11) is 0. The summed E-state index contributed by atoms with van der Waals surface area (Å²) in [4.78, 5) is 16.9. The highest BCUT2D eigenvalue weighted by molar-refractivity contribution is 6.06. The zero-order chi connectivity index (χ0) is 17.2. The van der Waals surface area contributed by atoms with Gasteiger partial charge in [0, 0.05) is 17.8 Å². The predicted molar refractivity (Wildman–Crippen MR) is 92.9 cm³/mol. The van der Waals surface area contributed by atoms with Crippen LogP contribution in [-0.2, 0) is 6.54 Å². The van der Waals surface area contributed by atoms with Gasteiger partial charge in [-0.2, -0.15) is 5.10 Å². The van der Waals surface area contributed by atoms with Gasteiger partial charge < -0.3 is 10.6 Å². The van der Waals surface area contributed by atoms with E-state index in [1.165, 1.54) is 23.2 Å². The maximum atomic E-state index is 14.6. The second kappa shape index (κ2) is 6.20. The number of nitrogens with zero attached hydrogens (tertiary/aromatic N) is 3. The lowest BCUT2D eigenvalue weighted by Crippen LogP contribution is -2.18. The Balaban J connectivity index is 1.78. The standard InChI is InChI=1S/C18H14FN5O/c19-15-8-4-7-14(18(25)23-13-5-2-1-3-6-13)16(15)24-17-12(10-22-24)9-20-11-21-17/h1-8,10-11H,9H2,(H,20,21)(H,23,25). The second-order valence-electron chi connectivity index (χ2n) is 5.50. The number of amides is 1. The molecule has 6 nitrogen and oxygen atoms in total. The van der Waals surface area contributed by atoms with Crippen LogP contribution in [0.25, 0.3) is 5.69 Å². The van der Waals surface area contributed by atoms with Crippen LogP contribution in [0.4, 0.5) is 15.9 Å².